The highest BCUT2D eigenvalue weighted by atomic mass is 19.1. The van der Waals surface area contributed by atoms with E-state index in [2.05, 4.69) is 17.4 Å². The van der Waals surface area contributed by atoms with Crippen molar-refractivity contribution in [2.45, 2.75) is 19.6 Å². The lowest BCUT2D eigenvalue weighted by atomic mass is 10.1. The van der Waals surface area contributed by atoms with Gasteiger partial charge in [-0.15, -0.1) is 0 Å². The molecule has 0 saturated heterocycles. The van der Waals surface area contributed by atoms with Gasteiger partial charge in [0.1, 0.15) is 23.9 Å². The van der Waals surface area contributed by atoms with Crippen molar-refractivity contribution in [1.82, 2.24) is 5.32 Å². The lowest BCUT2D eigenvalue weighted by Crippen LogP contribution is -2.17. The highest BCUT2D eigenvalue weighted by molar-refractivity contribution is 5.33. The van der Waals surface area contributed by atoms with Crippen molar-refractivity contribution < 1.29 is 13.9 Å². The summed E-state index contributed by atoms with van der Waals surface area (Å²) in [6.07, 6.45) is 0.933. The Labute approximate surface area is 159 Å². The molecule has 3 aromatic rings. The Morgan fingerprint density at radius 3 is 2.30 bits per heavy atom. The van der Waals surface area contributed by atoms with Crippen LogP contribution in [-0.4, -0.2) is 13.7 Å². The summed E-state index contributed by atoms with van der Waals surface area (Å²) in [5.41, 5.74) is 2.87. The molecule has 3 nitrogen and oxygen atoms in total. The third kappa shape index (κ3) is 5.56. The second-order valence-electron chi connectivity index (χ2n) is 6.26. The molecule has 0 aliphatic heterocycles. The van der Waals surface area contributed by atoms with Gasteiger partial charge in [0.25, 0.3) is 0 Å². The van der Waals surface area contributed by atoms with Crippen molar-refractivity contribution in [3.8, 4) is 11.5 Å². The van der Waals surface area contributed by atoms with Gasteiger partial charge in [0.05, 0.1) is 7.11 Å². The Balaban J connectivity index is 1.50. The number of hydrogen-bond acceptors (Lipinski definition) is 3. The van der Waals surface area contributed by atoms with Gasteiger partial charge in [-0.25, -0.2) is 4.39 Å². The number of nitrogens with one attached hydrogen (secondary N) is 1. The van der Waals surface area contributed by atoms with Crippen molar-refractivity contribution in [2.75, 3.05) is 13.7 Å². The molecule has 3 rings (SSSR count). The molecule has 0 bridgehead atoms. The molecule has 3 aromatic carbocycles. The molecule has 0 aromatic heterocycles. The van der Waals surface area contributed by atoms with Crippen LogP contribution in [0.3, 0.4) is 0 Å². The van der Waals surface area contributed by atoms with Crippen LogP contribution in [0.5, 0.6) is 11.5 Å². The van der Waals surface area contributed by atoms with Crippen LogP contribution in [0.15, 0.2) is 72.8 Å². The van der Waals surface area contributed by atoms with Crippen molar-refractivity contribution in [3.05, 3.63) is 95.3 Å². The summed E-state index contributed by atoms with van der Waals surface area (Å²) in [5, 5.41) is 3.44. The fraction of sp³-hybridized carbons (Fsp3) is 0.217. The van der Waals surface area contributed by atoms with E-state index in [0.29, 0.717) is 12.1 Å². The lowest BCUT2D eigenvalue weighted by Gasteiger charge is -2.13. The molecule has 0 fully saturated rings. The molecule has 1 N–H and O–H groups in total. The highest BCUT2D eigenvalue weighted by Crippen LogP contribution is 2.20. The zero-order valence-corrected chi connectivity index (χ0v) is 15.5. The van der Waals surface area contributed by atoms with Gasteiger partial charge >= 0.3 is 0 Å². The van der Waals surface area contributed by atoms with Crippen LogP contribution in [0.25, 0.3) is 0 Å². The third-order valence-electron chi connectivity index (χ3n) is 4.38. The minimum atomic E-state index is -0.243. The minimum absolute atomic E-state index is 0.218. The zero-order chi connectivity index (χ0) is 18.9. The molecule has 140 valence electrons. The Kier molecular flexibility index (Phi) is 6.83. The average Bonchev–Trinajstić information content (AvgIpc) is 2.72. The van der Waals surface area contributed by atoms with Gasteiger partial charge in [0.15, 0.2) is 0 Å². The second kappa shape index (κ2) is 9.74. The fourth-order valence-electron chi connectivity index (χ4n) is 2.81. The molecule has 0 saturated carbocycles. The minimum Gasteiger partial charge on any atom is -0.497 e. The van der Waals surface area contributed by atoms with Gasteiger partial charge in [-0.1, -0.05) is 48.5 Å². The summed E-state index contributed by atoms with van der Waals surface area (Å²) in [5.74, 6) is 1.40. The molecular formula is C23H24FNO2. The van der Waals surface area contributed by atoms with Crippen LogP contribution in [0.4, 0.5) is 4.39 Å². The van der Waals surface area contributed by atoms with E-state index in [1.54, 1.807) is 19.2 Å². The Hall–Kier alpha value is -2.85. The Morgan fingerprint density at radius 2 is 1.56 bits per heavy atom. The molecular weight excluding hydrogens is 341 g/mol. The van der Waals surface area contributed by atoms with Crippen LogP contribution in [0.1, 0.15) is 16.7 Å². The maximum atomic E-state index is 13.8. The summed E-state index contributed by atoms with van der Waals surface area (Å²) < 4.78 is 24.8. The number of rotatable bonds is 9. The summed E-state index contributed by atoms with van der Waals surface area (Å²) in [6.45, 7) is 1.77. The first-order valence-corrected chi connectivity index (χ1v) is 9.04. The van der Waals surface area contributed by atoms with E-state index in [-0.39, 0.29) is 12.4 Å². The van der Waals surface area contributed by atoms with Crippen LogP contribution >= 0.6 is 0 Å². The predicted molar refractivity (Wildman–Crippen MR) is 106 cm³/mol. The van der Waals surface area contributed by atoms with Crippen LogP contribution in [0, 0.1) is 5.82 Å². The average molecular weight is 365 g/mol. The standard InChI is InChI=1S/C23H24FNO2/c1-26-21-12-10-18(11-13-21)14-15-25-16-19-6-3-5-9-23(19)27-17-20-7-2-4-8-22(20)24/h2-13,25H,14-17H2,1H3. The first kappa shape index (κ1) is 18.9. The van der Waals surface area contributed by atoms with Crippen LogP contribution in [-0.2, 0) is 19.6 Å². The van der Waals surface area contributed by atoms with Crippen molar-refractivity contribution in [1.29, 1.82) is 0 Å². The first-order valence-electron chi connectivity index (χ1n) is 9.04. The molecule has 0 heterocycles. The lowest BCUT2D eigenvalue weighted by molar-refractivity contribution is 0.296. The van der Waals surface area contributed by atoms with Gasteiger partial charge < -0.3 is 14.8 Å². The largest absolute Gasteiger partial charge is 0.497 e. The van der Waals surface area contributed by atoms with E-state index in [0.717, 1.165) is 30.0 Å². The van der Waals surface area contributed by atoms with Gasteiger partial charge in [-0.2, -0.15) is 0 Å². The SMILES string of the molecule is COc1ccc(CCNCc2ccccc2OCc2ccccc2F)cc1. The highest BCUT2D eigenvalue weighted by Gasteiger charge is 2.06. The first-order chi connectivity index (χ1) is 13.3. The van der Waals surface area contributed by atoms with Gasteiger partial charge in [0.2, 0.25) is 0 Å². The van der Waals surface area contributed by atoms with E-state index in [1.165, 1.54) is 11.6 Å². The van der Waals surface area contributed by atoms with E-state index >= 15 is 0 Å². The number of para-hydroxylation sites is 1. The van der Waals surface area contributed by atoms with Crippen LogP contribution in [0.2, 0.25) is 0 Å². The maximum absolute atomic E-state index is 13.8. The number of benzene rings is 3. The van der Waals surface area contributed by atoms with Gasteiger partial charge in [0, 0.05) is 17.7 Å². The molecule has 4 heteroatoms. The zero-order valence-electron chi connectivity index (χ0n) is 15.5. The molecule has 0 aliphatic rings. The normalized spacial score (nSPS) is 10.6. The summed E-state index contributed by atoms with van der Waals surface area (Å²) in [7, 11) is 1.67. The van der Waals surface area contributed by atoms with Crippen molar-refractivity contribution in [3.63, 3.8) is 0 Å². The second-order valence-corrected chi connectivity index (χ2v) is 6.26. The van der Waals surface area contributed by atoms with Gasteiger partial charge in [-0.3, -0.25) is 0 Å². The fourth-order valence-corrected chi connectivity index (χ4v) is 2.81. The Morgan fingerprint density at radius 1 is 0.852 bits per heavy atom. The molecule has 27 heavy (non-hydrogen) atoms. The number of halogens is 1. The smallest absolute Gasteiger partial charge is 0.129 e. The molecule has 0 amide bonds. The summed E-state index contributed by atoms with van der Waals surface area (Å²) >= 11 is 0. The quantitative estimate of drug-likeness (QED) is 0.555. The molecule has 0 atom stereocenters. The van der Waals surface area contributed by atoms with Crippen molar-refractivity contribution >= 4 is 0 Å². The predicted octanol–water partition coefficient (Wildman–Crippen LogP) is 4.75. The Bertz CT molecular complexity index is 849. The van der Waals surface area contributed by atoms with Crippen molar-refractivity contribution in [2.24, 2.45) is 0 Å². The van der Waals surface area contributed by atoms with Crippen LogP contribution < -0.4 is 14.8 Å². The summed E-state index contributed by atoms with van der Waals surface area (Å²) in [6, 6.07) is 22.6. The molecule has 0 radical (unpaired) electrons. The number of ether oxygens (including phenoxy) is 2. The number of hydrogen-bond donors (Lipinski definition) is 1. The maximum Gasteiger partial charge on any atom is 0.129 e. The molecule has 0 spiro atoms. The molecule has 0 aliphatic carbocycles. The number of methoxy groups -OCH3 is 1. The van der Waals surface area contributed by atoms with E-state index < -0.39 is 0 Å². The van der Waals surface area contributed by atoms with E-state index in [4.69, 9.17) is 9.47 Å². The third-order valence-corrected chi connectivity index (χ3v) is 4.38. The van der Waals surface area contributed by atoms with E-state index in [1.807, 2.05) is 42.5 Å². The topological polar surface area (TPSA) is 30.5 Å². The monoisotopic (exact) mass is 365 g/mol. The summed E-state index contributed by atoms with van der Waals surface area (Å²) in [4.78, 5) is 0. The van der Waals surface area contributed by atoms with E-state index in [9.17, 15) is 4.39 Å². The van der Waals surface area contributed by atoms with Gasteiger partial charge in [-0.05, 0) is 42.8 Å². The molecule has 0 unspecified atom stereocenters.